The number of piperidine rings is 1. The van der Waals surface area contributed by atoms with Crippen LogP contribution in [0.3, 0.4) is 0 Å². The smallest absolute Gasteiger partial charge is 0.251 e. The number of carbonyl (C=O) groups excluding carboxylic acids is 1. The van der Waals surface area contributed by atoms with E-state index in [-0.39, 0.29) is 17.9 Å². The van der Waals surface area contributed by atoms with E-state index in [1.807, 2.05) is 43.5 Å². The van der Waals surface area contributed by atoms with Crippen molar-refractivity contribution in [2.45, 2.75) is 65.0 Å². The molecule has 3 heterocycles. The minimum Gasteiger partial charge on any atom is -0.354 e. The molecule has 2 atom stereocenters. The molecule has 1 aliphatic heterocycles. The van der Waals surface area contributed by atoms with Gasteiger partial charge in [-0.15, -0.1) is 0 Å². The molecule has 2 aromatic heterocycles. The molecule has 5 nitrogen and oxygen atoms in total. The van der Waals surface area contributed by atoms with Crippen molar-refractivity contribution in [3.63, 3.8) is 0 Å². The second-order valence-corrected chi connectivity index (χ2v) is 11.0. The van der Waals surface area contributed by atoms with E-state index in [0.717, 1.165) is 30.7 Å². The summed E-state index contributed by atoms with van der Waals surface area (Å²) in [6, 6.07) is 21.2. The van der Waals surface area contributed by atoms with Gasteiger partial charge in [-0.3, -0.25) is 9.78 Å². The van der Waals surface area contributed by atoms with E-state index in [9.17, 15) is 4.79 Å². The van der Waals surface area contributed by atoms with Crippen LogP contribution in [0.2, 0.25) is 0 Å². The van der Waals surface area contributed by atoms with Gasteiger partial charge in [-0.25, -0.2) is 0 Å². The number of likely N-dealkylation sites (tertiary alicyclic amines) is 1. The van der Waals surface area contributed by atoms with Crippen LogP contribution in [0.15, 0.2) is 66.9 Å². The third kappa shape index (κ3) is 5.19. The summed E-state index contributed by atoms with van der Waals surface area (Å²) in [5.41, 5.74) is 7.85. The maximum Gasteiger partial charge on any atom is 0.251 e. The molecule has 0 saturated carbocycles. The van der Waals surface area contributed by atoms with Crippen molar-refractivity contribution in [3.05, 3.63) is 89.2 Å². The Labute approximate surface area is 220 Å². The minimum absolute atomic E-state index is 0.00883. The van der Waals surface area contributed by atoms with Crippen LogP contribution in [0.4, 0.5) is 0 Å². The maximum absolute atomic E-state index is 13.1. The van der Waals surface area contributed by atoms with Gasteiger partial charge >= 0.3 is 0 Å². The molecule has 37 heavy (non-hydrogen) atoms. The van der Waals surface area contributed by atoms with Gasteiger partial charge in [-0.05, 0) is 80.6 Å². The minimum atomic E-state index is 0.00883. The molecule has 2 aromatic carbocycles. The average molecular weight is 495 g/mol. The highest BCUT2D eigenvalue weighted by Crippen LogP contribution is 2.38. The fraction of sp³-hybridized carbons (Fsp3) is 0.375. The van der Waals surface area contributed by atoms with E-state index in [1.165, 1.54) is 27.8 Å². The quantitative estimate of drug-likeness (QED) is 0.315. The van der Waals surface area contributed by atoms with Gasteiger partial charge in [0.05, 0.1) is 5.69 Å². The number of hydrogen-bond donors (Lipinski definition) is 2. The lowest BCUT2D eigenvalue weighted by atomic mass is 9.84. The van der Waals surface area contributed by atoms with Gasteiger partial charge < -0.3 is 15.2 Å². The molecule has 2 unspecified atom stereocenters. The molecule has 1 amide bonds. The topological polar surface area (TPSA) is 61.0 Å². The molecule has 2 N–H and O–H groups in total. The number of hydrogen-bond acceptors (Lipinski definition) is 3. The first-order valence-electron chi connectivity index (χ1n) is 13.5. The van der Waals surface area contributed by atoms with Gasteiger partial charge in [-0.2, -0.15) is 0 Å². The van der Waals surface area contributed by atoms with Crippen molar-refractivity contribution in [3.8, 4) is 11.3 Å². The van der Waals surface area contributed by atoms with Gasteiger partial charge in [-0.1, -0.05) is 38.1 Å². The molecule has 1 saturated heterocycles. The van der Waals surface area contributed by atoms with E-state index in [2.05, 4.69) is 78.2 Å². The lowest BCUT2D eigenvalue weighted by molar-refractivity contribution is 0.0877. The van der Waals surface area contributed by atoms with Crippen molar-refractivity contribution < 1.29 is 4.79 Å². The van der Waals surface area contributed by atoms with Crippen LogP contribution in [0, 0.1) is 6.92 Å². The number of fused-ring (bicyclic) bond motifs is 1. The summed E-state index contributed by atoms with van der Waals surface area (Å²) in [6.07, 6.45) is 2.82. The highest BCUT2D eigenvalue weighted by Gasteiger charge is 2.33. The molecule has 0 bridgehead atoms. The van der Waals surface area contributed by atoms with Gasteiger partial charge in [0.15, 0.2) is 0 Å². The summed E-state index contributed by atoms with van der Waals surface area (Å²) in [6.45, 7) is 13.0. The summed E-state index contributed by atoms with van der Waals surface area (Å²) in [7, 11) is 0. The molecule has 0 aliphatic carbocycles. The molecular weight excluding hydrogens is 456 g/mol. The van der Waals surface area contributed by atoms with Crippen LogP contribution in [0.25, 0.3) is 22.2 Å². The Balaban J connectivity index is 1.54. The van der Waals surface area contributed by atoms with Crippen molar-refractivity contribution in [1.82, 2.24) is 20.2 Å². The van der Waals surface area contributed by atoms with Crippen LogP contribution in [0.1, 0.15) is 73.1 Å². The number of nitrogens with one attached hydrogen (secondary N) is 2. The van der Waals surface area contributed by atoms with Gasteiger partial charge in [0, 0.05) is 65.0 Å². The summed E-state index contributed by atoms with van der Waals surface area (Å²) in [4.78, 5) is 23.7. The van der Waals surface area contributed by atoms with Crippen LogP contribution in [-0.2, 0) is 0 Å². The van der Waals surface area contributed by atoms with E-state index in [1.54, 1.807) is 0 Å². The number of H-pyrrole nitrogens is 1. The molecule has 4 aromatic rings. The number of aromatic amines is 1. The first kappa shape index (κ1) is 25.2. The fourth-order valence-electron chi connectivity index (χ4n) is 5.79. The number of benzene rings is 2. The Kier molecular flexibility index (Phi) is 7.16. The van der Waals surface area contributed by atoms with Gasteiger partial charge in [0.25, 0.3) is 5.91 Å². The van der Waals surface area contributed by atoms with Gasteiger partial charge in [0.2, 0.25) is 0 Å². The molecule has 0 radical (unpaired) electrons. The molecule has 1 aliphatic rings. The van der Waals surface area contributed by atoms with Crippen LogP contribution >= 0.6 is 0 Å². The Bertz CT molecular complexity index is 1390. The standard InChI is InChI=1S/C32H38N4O/c1-20(2)30-26-18-24(11-12-28(26)34-31(30)25-13-15-33-22(5)17-25)27-19-36(21(3)4)16-14-29(27)35-32(37)23-9-7-6-8-10-23/h6-13,15,17-18,20-21,27,29,34H,14,16,19H2,1-5H3,(H,35,37). The van der Waals surface area contributed by atoms with Crippen molar-refractivity contribution >= 4 is 16.8 Å². The average Bonchev–Trinajstić information content (AvgIpc) is 3.28. The summed E-state index contributed by atoms with van der Waals surface area (Å²) in [5, 5.41) is 4.66. The zero-order valence-electron chi connectivity index (χ0n) is 22.6. The lowest BCUT2D eigenvalue weighted by Gasteiger charge is -2.41. The fourth-order valence-corrected chi connectivity index (χ4v) is 5.79. The zero-order valence-corrected chi connectivity index (χ0v) is 22.6. The van der Waals surface area contributed by atoms with E-state index in [4.69, 9.17) is 0 Å². The predicted octanol–water partition coefficient (Wildman–Crippen LogP) is 6.66. The monoisotopic (exact) mass is 494 g/mol. The SMILES string of the molecule is Cc1cc(-c2[nH]c3ccc(C4CN(C(C)C)CCC4NC(=O)c4ccccc4)cc3c2C(C)C)ccn1. The first-order chi connectivity index (χ1) is 17.8. The van der Waals surface area contributed by atoms with E-state index >= 15 is 0 Å². The molecule has 0 spiro atoms. The van der Waals surface area contributed by atoms with E-state index in [0.29, 0.717) is 17.5 Å². The second-order valence-electron chi connectivity index (χ2n) is 11.0. The number of pyridine rings is 1. The zero-order chi connectivity index (χ0) is 26.1. The molecular formula is C32H38N4O. The third-order valence-corrected chi connectivity index (χ3v) is 7.78. The van der Waals surface area contributed by atoms with Crippen molar-refractivity contribution in [1.29, 1.82) is 0 Å². The Morgan fingerprint density at radius 3 is 2.54 bits per heavy atom. The highest BCUT2D eigenvalue weighted by molar-refractivity contribution is 5.94. The number of carbonyl (C=O) groups is 1. The number of aromatic nitrogens is 2. The van der Waals surface area contributed by atoms with Crippen molar-refractivity contribution in [2.75, 3.05) is 13.1 Å². The van der Waals surface area contributed by atoms with Crippen LogP contribution in [-0.4, -0.2) is 45.9 Å². The van der Waals surface area contributed by atoms with Crippen LogP contribution < -0.4 is 5.32 Å². The summed E-state index contributed by atoms with van der Waals surface area (Å²) < 4.78 is 0. The highest BCUT2D eigenvalue weighted by atomic mass is 16.1. The number of aryl methyl sites for hydroxylation is 1. The number of nitrogens with zero attached hydrogens (tertiary/aromatic N) is 2. The van der Waals surface area contributed by atoms with Gasteiger partial charge in [0.1, 0.15) is 0 Å². The van der Waals surface area contributed by atoms with E-state index < -0.39 is 0 Å². The Hall–Kier alpha value is -3.44. The Morgan fingerprint density at radius 2 is 1.84 bits per heavy atom. The number of amides is 1. The first-order valence-corrected chi connectivity index (χ1v) is 13.5. The molecule has 5 heteroatoms. The van der Waals surface area contributed by atoms with Crippen molar-refractivity contribution in [2.24, 2.45) is 0 Å². The lowest BCUT2D eigenvalue weighted by Crippen LogP contribution is -2.51. The van der Waals surface area contributed by atoms with Crippen LogP contribution in [0.5, 0.6) is 0 Å². The summed E-state index contributed by atoms with van der Waals surface area (Å²) in [5.74, 6) is 0.587. The molecule has 192 valence electrons. The number of rotatable bonds is 6. The molecule has 5 rings (SSSR count). The Morgan fingerprint density at radius 1 is 1.05 bits per heavy atom. The third-order valence-electron chi connectivity index (χ3n) is 7.78. The second kappa shape index (κ2) is 10.5. The largest absolute Gasteiger partial charge is 0.354 e. The predicted molar refractivity (Wildman–Crippen MR) is 152 cm³/mol. The summed E-state index contributed by atoms with van der Waals surface area (Å²) >= 11 is 0. The normalized spacial score (nSPS) is 18.6. The molecule has 1 fully saturated rings. The maximum atomic E-state index is 13.1.